The van der Waals surface area contributed by atoms with Crippen LogP contribution in [0.15, 0.2) is 25.3 Å². The Morgan fingerprint density at radius 2 is 1.03 bits per heavy atom. The van der Waals surface area contributed by atoms with E-state index in [-0.39, 0.29) is 69.4 Å². The SMILES string of the molecule is C=CCCCCCCC(CCCC(F)(F)C(F)(F)F)C(=O)N1C2CC3CCC2(CS1(=O)=O)C3(C)C.C=CCCCCCCCC(=O)N1C2CC3CCC2(CS1(=O)=O)C3(C)C.CC1(C)C2CCC13CS(=O)(=O)NC3C2. The number of allylic oxidation sites excluding steroid dienone is 2. The van der Waals surface area contributed by atoms with E-state index in [0.717, 1.165) is 119 Å². The van der Waals surface area contributed by atoms with Crippen LogP contribution in [0.3, 0.4) is 0 Å². The lowest BCUT2D eigenvalue weighted by Crippen LogP contribution is -2.46. The molecule has 3 heterocycles. The van der Waals surface area contributed by atoms with E-state index >= 15 is 0 Å². The van der Waals surface area contributed by atoms with Gasteiger partial charge in [0.15, 0.2) is 0 Å². The average molecular weight is 1110 g/mol. The first kappa shape index (κ1) is 59.5. The van der Waals surface area contributed by atoms with E-state index in [1.54, 1.807) is 6.08 Å². The van der Waals surface area contributed by atoms with Crippen molar-refractivity contribution in [1.82, 2.24) is 13.3 Å². The van der Waals surface area contributed by atoms with Crippen molar-refractivity contribution in [2.45, 2.75) is 232 Å². The van der Waals surface area contributed by atoms with Crippen LogP contribution in [-0.4, -0.2) is 93.2 Å². The van der Waals surface area contributed by atoms with Gasteiger partial charge in [0.25, 0.3) is 0 Å². The van der Waals surface area contributed by atoms with Gasteiger partial charge in [-0.1, -0.05) is 92.2 Å². The predicted molar refractivity (Wildman–Crippen MR) is 279 cm³/mol. The van der Waals surface area contributed by atoms with E-state index in [9.17, 15) is 56.8 Å². The molecule has 9 rings (SSSR count). The highest BCUT2D eigenvalue weighted by molar-refractivity contribution is 7.90. The van der Waals surface area contributed by atoms with E-state index in [2.05, 4.69) is 59.4 Å². The number of hydrogen-bond donors (Lipinski definition) is 1. The third-order valence-electron chi connectivity index (χ3n) is 21.8. The number of sulfonamides is 3. The first-order valence-corrected chi connectivity index (χ1v) is 32.9. The Kier molecular flexibility index (Phi) is 17.0. The maximum absolute atomic E-state index is 13.6. The number of carbonyl (C=O) groups excluding carboxylic acids is 2. The maximum atomic E-state index is 13.6. The number of unbranched alkanes of at least 4 members (excludes halogenated alkanes) is 9. The number of halogens is 5. The smallest absolute Gasteiger partial charge is 0.274 e. The van der Waals surface area contributed by atoms with Gasteiger partial charge in [0.1, 0.15) is 0 Å². The number of hydrogen-bond acceptors (Lipinski definition) is 8. The third kappa shape index (κ3) is 10.4. The normalized spacial score (nSPS) is 35.6. The summed E-state index contributed by atoms with van der Waals surface area (Å²) in [5, 5.41) is 0. The Labute approximate surface area is 441 Å². The van der Waals surface area contributed by atoms with Crippen molar-refractivity contribution in [3.63, 3.8) is 0 Å². The number of nitrogens with one attached hydrogen (secondary N) is 1. The molecule has 0 aromatic heterocycles. The van der Waals surface area contributed by atoms with Crippen LogP contribution < -0.4 is 4.72 Å². The Morgan fingerprint density at radius 1 is 0.595 bits per heavy atom. The summed E-state index contributed by atoms with van der Waals surface area (Å²) in [5.41, 5.74) is -0.633. The summed E-state index contributed by atoms with van der Waals surface area (Å²) in [4.78, 5) is 26.4. The molecule has 0 radical (unpaired) electrons. The summed E-state index contributed by atoms with van der Waals surface area (Å²) >= 11 is 0. The number of nitrogens with zero attached hydrogens (tertiary/aromatic N) is 2. The van der Waals surface area contributed by atoms with Gasteiger partial charge < -0.3 is 0 Å². The number of carbonyl (C=O) groups is 2. The Morgan fingerprint density at radius 3 is 1.51 bits per heavy atom. The molecule has 9 aliphatic rings. The molecule has 0 aromatic carbocycles. The summed E-state index contributed by atoms with van der Waals surface area (Å²) in [6.45, 7) is 20.5. The van der Waals surface area contributed by atoms with E-state index in [4.69, 9.17) is 0 Å². The second kappa shape index (κ2) is 21.2. The molecule has 9 fully saturated rings. The van der Waals surface area contributed by atoms with Crippen LogP contribution in [0.5, 0.6) is 0 Å². The van der Waals surface area contributed by atoms with Crippen molar-refractivity contribution in [3.8, 4) is 0 Å². The largest absolute Gasteiger partial charge is 0.453 e. The maximum Gasteiger partial charge on any atom is 0.453 e. The van der Waals surface area contributed by atoms with Crippen molar-refractivity contribution in [2.75, 3.05) is 17.3 Å². The van der Waals surface area contributed by atoms with Gasteiger partial charge in [-0.15, -0.1) is 13.2 Å². The highest BCUT2D eigenvalue weighted by Crippen LogP contribution is 2.72. The minimum absolute atomic E-state index is 0.0327. The van der Waals surface area contributed by atoms with Gasteiger partial charge in [0, 0.05) is 41.0 Å². The van der Waals surface area contributed by atoms with Gasteiger partial charge in [0.05, 0.1) is 29.3 Å². The molecule has 424 valence electrons. The standard InChI is InChI=1S/C25H38F5NO3S.C20H33NO3S.C10H17NO2S/c1-4-5-6-7-8-9-11-18(12-10-14-24(26,27)25(28,29)30)21(32)31-20-16-19-13-15-23(20,22(19,2)3)17-35(31,33)34;1-4-5-6-7-8-9-10-11-18(22)21-17-14-16-12-13-20(17,19(16,2)3)15-25(21,23)24;1-9(2)7-3-4-10(9)6-14(12,13)11-8(10)5-7/h4,18-20H,1,5-17H2,2-3H3;4,16-17H,1,5-15H2,2-3H3;7-8,11H,3-6H2,1-2H3. The van der Waals surface area contributed by atoms with Crippen molar-refractivity contribution < 1.29 is 56.8 Å². The van der Waals surface area contributed by atoms with Crippen LogP contribution in [0.2, 0.25) is 0 Å². The lowest BCUT2D eigenvalue weighted by Gasteiger charge is -2.37. The molecule has 11 nitrogen and oxygen atoms in total. The molecule has 6 aliphatic carbocycles. The van der Waals surface area contributed by atoms with Crippen LogP contribution in [0, 0.1) is 56.2 Å². The van der Waals surface area contributed by atoms with Crippen LogP contribution in [-0.2, 0) is 39.7 Å². The molecule has 10 unspecified atom stereocenters. The van der Waals surface area contributed by atoms with E-state index in [1.807, 2.05) is 6.08 Å². The monoisotopic (exact) mass is 1110 g/mol. The van der Waals surface area contributed by atoms with Crippen molar-refractivity contribution in [2.24, 2.45) is 56.2 Å². The lowest BCUT2D eigenvalue weighted by atomic mass is 9.69. The molecule has 3 saturated heterocycles. The second-order valence-electron chi connectivity index (χ2n) is 26.0. The van der Waals surface area contributed by atoms with E-state index in [1.165, 1.54) is 10.7 Å². The first-order valence-electron chi connectivity index (χ1n) is 28.0. The van der Waals surface area contributed by atoms with Crippen LogP contribution in [0.1, 0.15) is 202 Å². The minimum atomic E-state index is -5.64. The quantitative estimate of drug-likeness (QED) is 0.0718. The number of rotatable bonds is 20. The molecule has 2 amide bonds. The Hall–Kier alpha value is -2.12. The molecule has 1 N–H and O–H groups in total. The minimum Gasteiger partial charge on any atom is -0.274 e. The fourth-order valence-electron chi connectivity index (χ4n) is 16.9. The third-order valence-corrected chi connectivity index (χ3v) is 27.2. The van der Waals surface area contributed by atoms with Crippen LogP contribution in [0.4, 0.5) is 22.0 Å². The summed E-state index contributed by atoms with van der Waals surface area (Å²) in [7, 11) is -10.3. The summed E-state index contributed by atoms with van der Waals surface area (Å²) in [5.74, 6) is -4.42. The van der Waals surface area contributed by atoms with Crippen molar-refractivity contribution in [1.29, 1.82) is 0 Å². The second-order valence-corrected chi connectivity index (χ2v) is 31.5. The lowest BCUT2D eigenvalue weighted by molar-refractivity contribution is -0.284. The fraction of sp³-hybridized carbons (Fsp3) is 0.891. The molecule has 10 atom stereocenters. The Bertz CT molecular complexity index is 2450. The predicted octanol–water partition coefficient (Wildman–Crippen LogP) is 12.2. The number of fused-ring (bicyclic) bond motifs is 3. The van der Waals surface area contributed by atoms with Gasteiger partial charge in [-0.3, -0.25) is 9.59 Å². The Balaban J connectivity index is 0.000000177. The zero-order chi connectivity index (χ0) is 54.8. The summed E-state index contributed by atoms with van der Waals surface area (Å²) in [6, 6.07) is -0.284. The molecule has 3 spiro atoms. The molecule has 3 aliphatic heterocycles. The van der Waals surface area contributed by atoms with Gasteiger partial charge in [0.2, 0.25) is 41.9 Å². The van der Waals surface area contributed by atoms with E-state index < -0.39 is 78.3 Å². The topological polar surface area (TPSA) is 155 Å². The van der Waals surface area contributed by atoms with Gasteiger partial charge in [-0.25, -0.2) is 38.6 Å². The van der Waals surface area contributed by atoms with Crippen molar-refractivity contribution in [3.05, 3.63) is 25.3 Å². The van der Waals surface area contributed by atoms with Gasteiger partial charge in [-0.05, 0) is 143 Å². The zero-order valence-corrected chi connectivity index (χ0v) is 47.6. The fourth-order valence-corrected chi connectivity index (χ4v) is 24.3. The summed E-state index contributed by atoms with van der Waals surface area (Å²) < 4.78 is 145. The molecule has 19 heteroatoms. The molecular formula is C55H88F5N3O8S3. The van der Waals surface area contributed by atoms with Crippen LogP contribution in [0.25, 0.3) is 0 Å². The highest BCUT2D eigenvalue weighted by Gasteiger charge is 2.74. The molecule has 6 saturated carbocycles. The number of amides is 2. The molecule has 0 aromatic rings. The highest BCUT2D eigenvalue weighted by atomic mass is 32.2. The van der Waals surface area contributed by atoms with Crippen LogP contribution >= 0.6 is 0 Å². The summed E-state index contributed by atoms with van der Waals surface area (Å²) in [6.07, 6.45) is 15.5. The average Bonchev–Trinajstić information content (AvgIpc) is 4.12. The van der Waals surface area contributed by atoms with Gasteiger partial charge in [-0.2, -0.15) is 22.0 Å². The van der Waals surface area contributed by atoms with Gasteiger partial charge >= 0.3 is 12.1 Å². The zero-order valence-electron chi connectivity index (χ0n) is 45.2. The molecule has 74 heavy (non-hydrogen) atoms. The molecule has 6 bridgehead atoms. The first-order chi connectivity index (χ1) is 34.2. The molecular weight excluding hydrogens is 1020 g/mol. The van der Waals surface area contributed by atoms with E-state index in [0.29, 0.717) is 36.9 Å². The van der Waals surface area contributed by atoms with Crippen molar-refractivity contribution >= 4 is 41.9 Å². The number of alkyl halides is 5.